The van der Waals surface area contributed by atoms with Crippen molar-refractivity contribution in [1.82, 2.24) is 9.97 Å². The second-order valence-electron chi connectivity index (χ2n) is 3.44. The largest absolute Gasteiger partial charge is 0.503 e. The molecule has 0 aliphatic carbocycles. The van der Waals surface area contributed by atoms with Crippen LogP contribution < -0.4 is 0 Å². The molecular weight excluding hydrogens is 247 g/mol. The minimum Gasteiger partial charge on any atom is -0.503 e. The maximum atomic E-state index is 12.3. The summed E-state index contributed by atoms with van der Waals surface area (Å²) in [7, 11) is 0. The number of hydrogen-bond donors (Lipinski definition) is 2. The van der Waals surface area contributed by atoms with Crippen molar-refractivity contribution >= 4 is 16.6 Å². The number of rotatable bonds is 1. The zero-order valence-electron chi connectivity index (χ0n) is 8.78. The maximum absolute atomic E-state index is 12.3. The normalized spacial score (nSPS) is 13.2. The molecule has 0 unspecified atom stereocenters. The van der Waals surface area contributed by atoms with Crippen LogP contribution in [0, 0.1) is 11.3 Å². The average Bonchev–Trinajstić information content (AvgIpc) is 2.71. The van der Waals surface area contributed by atoms with Gasteiger partial charge in [0.2, 0.25) is 5.76 Å². The summed E-state index contributed by atoms with van der Waals surface area (Å²) < 4.78 is 37.0. The summed E-state index contributed by atoms with van der Waals surface area (Å²) >= 11 is 0. The molecule has 0 aliphatic heterocycles. The highest BCUT2D eigenvalue weighted by Crippen LogP contribution is 2.29. The Labute approximate surface area is 99.0 Å². The Morgan fingerprint density at radius 2 is 2.00 bits per heavy atom. The molecule has 0 aliphatic rings. The molecule has 18 heavy (non-hydrogen) atoms. The number of allylic oxidation sites excluding steroid dienone is 2. The highest BCUT2D eigenvalue weighted by atomic mass is 19.4. The van der Waals surface area contributed by atoms with Gasteiger partial charge in [-0.3, -0.25) is 0 Å². The van der Waals surface area contributed by atoms with Crippen LogP contribution >= 0.6 is 0 Å². The number of aromatic nitrogens is 2. The molecule has 92 valence electrons. The van der Waals surface area contributed by atoms with Crippen LogP contribution in [0.3, 0.4) is 0 Å². The van der Waals surface area contributed by atoms with E-state index in [1.807, 2.05) is 0 Å². The molecule has 0 radical (unpaired) electrons. The summed E-state index contributed by atoms with van der Waals surface area (Å²) in [5.74, 6) is -2.27. The summed E-state index contributed by atoms with van der Waals surface area (Å²) in [5.41, 5.74) is -0.0378. The zero-order chi connectivity index (χ0) is 13.3. The van der Waals surface area contributed by atoms with E-state index < -0.39 is 17.5 Å². The molecule has 0 atom stereocenters. The van der Waals surface area contributed by atoms with Gasteiger partial charge in [-0.2, -0.15) is 18.4 Å². The van der Waals surface area contributed by atoms with E-state index in [-0.39, 0.29) is 5.82 Å². The Morgan fingerprint density at radius 3 is 2.56 bits per heavy atom. The number of H-pyrrole nitrogens is 1. The predicted octanol–water partition coefficient (Wildman–Crippen LogP) is 2.92. The van der Waals surface area contributed by atoms with Crippen molar-refractivity contribution in [2.75, 3.05) is 0 Å². The van der Waals surface area contributed by atoms with Gasteiger partial charge in [0, 0.05) is 0 Å². The molecule has 0 saturated heterocycles. The maximum Gasteiger partial charge on any atom is 0.450 e. The first-order chi connectivity index (χ1) is 8.43. The van der Waals surface area contributed by atoms with Crippen LogP contribution in [0.15, 0.2) is 30.0 Å². The van der Waals surface area contributed by atoms with Gasteiger partial charge in [-0.25, -0.2) is 4.98 Å². The Morgan fingerprint density at radius 1 is 1.33 bits per heavy atom. The molecule has 1 aromatic heterocycles. The average molecular weight is 253 g/mol. The van der Waals surface area contributed by atoms with Gasteiger partial charge in [0.1, 0.15) is 11.6 Å². The molecule has 0 bridgehead atoms. The third-order valence-electron chi connectivity index (χ3n) is 2.24. The van der Waals surface area contributed by atoms with E-state index in [0.29, 0.717) is 11.0 Å². The third kappa shape index (κ3) is 2.00. The molecule has 1 heterocycles. The second-order valence-corrected chi connectivity index (χ2v) is 3.44. The lowest BCUT2D eigenvalue weighted by atomic mass is 10.2. The molecule has 2 rings (SSSR count). The van der Waals surface area contributed by atoms with Gasteiger partial charge >= 0.3 is 6.18 Å². The first kappa shape index (κ1) is 12.0. The smallest absolute Gasteiger partial charge is 0.450 e. The molecule has 7 heteroatoms. The van der Waals surface area contributed by atoms with Crippen LogP contribution in [0.2, 0.25) is 0 Å². The lowest BCUT2D eigenvalue weighted by molar-refractivity contribution is -0.119. The number of benzene rings is 1. The SMILES string of the molecule is N#CC(=C(O)C(F)(F)F)c1nc2ccccc2[nH]1. The fraction of sp³-hybridized carbons (Fsp3) is 0.0909. The lowest BCUT2D eigenvalue weighted by Crippen LogP contribution is -2.13. The number of halogens is 3. The monoisotopic (exact) mass is 253 g/mol. The van der Waals surface area contributed by atoms with E-state index in [1.54, 1.807) is 24.3 Å². The molecular formula is C11H6F3N3O. The summed E-state index contributed by atoms with van der Waals surface area (Å²) in [5, 5.41) is 17.7. The molecule has 0 saturated carbocycles. The van der Waals surface area contributed by atoms with E-state index in [9.17, 15) is 13.2 Å². The second kappa shape index (κ2) is 4.07. The van der Waals surface area contributed by atoms with Gasteiger partial charge in [0.25, 0.3) is 0 Å². The molecule has 1 aromatic carbocycles. The van der Waals surface area contributed by atoms with Crippen LogP contribution in [-0.2, 0) is 0 Å². The number of nitrogens with zero attached hydrogens (tertiary/aromatic N) is 2. The molecule has 0 amide bonds. The standard InChI is InChI=1S/C11H6F3N3O/c12-11(13,14)9(18)6(5-15)10-16-7-3-1-2-4-8(7)17-10/h1-4,18H,(H,16,17). The number of fused-ring (bicyclic) bond motifs is 1. The summed E-state index contributed by atoms with van der Waals surface area (Å²) in [4.78, 5) is 6.37. The van der Waals surface area contributed by atoms with E-state index in [0.717, 1.165) is 0 Å². The number of aliphatic hydroxyl groups is 1. The number of imidazole rings is 1. The minimum absolute atomic E-state index is 0.312. The van der Waals surface area contributed by atoms with Gasteiger partial charge in [0.15, 0.2) is 5.82 Å². The molecule has 2 N–H and O–H groups in total. The summed E-state index contributed by atoms with van der Waals surface area (Å²) in [6.07, 6.45) is -4.98. The van der Waals surface area contributed by atoms with Crippen molar-refractivity contribution in [2.24, 2.45) is 0 Å². The summed E-state index contributed by atoms with van der Waals surface area (Å²) in [6.45, 7) is 0. The van der Waals surface area contributed by atoms with Crippen molar-refractivity contribution in [1.29, 1.82) is 5.26 Å². The van der Waals surface area contributed by atoms with Gasteiger partial charge in [0.05, 0.1) is 11.0 Å². The number of nitriles is 1. The Bertz CT molecular complexity index is 631. The number of aliphatic hydroxyl groups excluding tert-OH is 1. The topological polar surface area (TPSA) is 72.7 Å². The third-order valence-corrected chi connectivity index (χ3v) is 2.24. The van der Waals surface area contributed by atoms with Crippen molar-refractivity contribution in [3.8, 4) is 6.07 Å². The number of aromatic amines is 1. The quantitative estimate of drug-likeness (QED) is 0.606. The van der Waals surface area contributed by atoms with E-state index in [4.69, 9.17) is 10.4 Å². The molecule has 0 spiro atoms. The summed E-state index contributed by atoms with van der Waals surface area (Å²) in [6, 6.07) is 7.81. The highest BCUT2D eigenvalue weighted by Gasteiger charge is 2.38. The van der Waals surface area contributed by atoms with Crippen LogP contribution in [0.4, 0.5) is 13.2 Å². The Balaban J connectivity index is 2.62. The number of para-hydroxylation sites is 2. The Hall–Kier alpha value is -2.49. The molecule has 4 nitrogen and oxygen atoms in total. The van der Waals surface area contributed by atoms with Crippen molar-refractivity contribution in [3.05, 3.63) is 35.8 Å². The van der Waals surface area contributed by atoms with Gasteiger partial charge < -0.3 is 10.1 Å². The van der Waals surface area contributed by atoms with Crippen LogP contribution in [0.25, 0.3) is 16.6 Å². The van der Waals surface area contributed by atoms with Gasteiger partial charge in [-0.1, -0.05) is 12.1 Å². The van der Waals surface area contributed by atoms with E-state index in [1.165, 1.54) is 6.07 Å². The van der Waals surface area contributed by atoms with E-state index >= 15 is 0 Å². The predicted molar refractivity (Wildman–Crippen MR) is 57.3 cm³/mol. The molecule has 0 fully saturated rings. The lowest BCUT2D eigenvalue weighted by Gasteiger charge is -2.05. The number of nitrogens with one attached hydrogen (secondary N) is 1. The van der Waals surface area contributed by atoms with Crippen molar-refractivity contribution in [3.63, 3.8) is 0 Å². The Kier molecular flexibility index (Phi) is 2.71. The highest BCUT2D eigenvalue weighted by molar-refractivity contribution is 5.82. The van der Waals surface area contributed by atoms with Crippen LogP contribution in [0.1, 0.15) is 5.82 Å². The van der Waals surface area contributed by atoms with Gasteiger partial charge in [-0.05, 0) is 12.1 Å². The zero-order valence-corrected chi connectivity index (χ0v) is 8.78. The number of hydrogen-bond acceptors (Lipinski definition) is 3. The van der Waals surface area contributed by atoms with Crippen molar-refractivity contribution < 1.29 is 18.3 Å². The fourth-order valence-corrected chi connectivity index (χ4v) is 1.43. The first-order valence-electron chi connectivity index (χ1n) is 4.79. The number of alkyl halides is 3. The molecule has 2 aromatic rings. The first-order valence-corrected chi connectivity index (χ1v) is 4.79. The van der Waals surface area contributed by atoms with Crippen molar-refractivity contribution in [2.45, 2.75) is 6.18 Å². The van der Waals surface area contributed by atoms with E-state index in [2.05, 4.69) is 9.97 Å². The minimum atomic E-state index is -4.98. The van der Waals surface area contributed by atoms with Gasteiger partial charge in [-0.15, -0.1) is 0 Å². The van der Waals surface area contributed by atoms with Crippen LogP contribution in [0.5, 0.6) is 0 Å². The fourth-order valence-electron chi connectivity index (χ4n) is 1.43. The van der Waals surface area contributed by atoms with Crippen LogP contribution in [-0.4, -0.2) is 21.3 Å².